The van der Waals surface area contributed by atoms with E-state index in [-0.39, 0.29) is 0 Å². The second kappa shape index (κ2) is 5.17. The first-order chi connectivity index (χ1) is 7.63. The summed E-state index contributed by atoms with van der Waals surface area (Å²) in [6.45, 7) is 1.90. The van der Waals surface area contributed by atoms with Crippen molar-refractivity contribution >= 4 is 39.3 Å². The summed E-state index contributed by atoms with van der Waals surface area (Å²) in [5.41, 5.74) is 0.873. The molecule has 0 spiro atoms. The van der Waals surface area contributed by atoms with Gasteiger partial charge in [0.1, 0.15) is 5.15 Å². The van der Waals surface area contributed by atoms with E-state index in [1.165, 1.54) is 11.8 Å². The Morgan fingerprint density at radius 1 is 1.25 bits per heavy atom. The summed E-state index contributed by atoms with van der Waals surface area (Å²) in [5, 5.41) is 1.15. The van der Waals surface area contributed by atoms with Gasteiger partial charge < -0.3 is 0 Å². The maximum Gasteiger partial charge on any atom is 0.194 e. The average Bonchev–Trinajstić information content (AvgIpc) is 2.15. The Balaban J connectivity index is 2.27. The zero-order valence-electron chi connectivity index (χ0n) is 8.45. The molecule has 0 saturated heterocycles. The van der Waals surface area contributed by atoms with Crippen LogP contribution in [-0.4, -0.2) is 9.97 Å². The van der Waals surface area contributed by atoms with Gasteiger partial charge in [0.15, 0.2) is 5.16 Å². The minimum Gasteiger partial charge on any atom is -0.228 e. The van der Waals surface area contributed by atoms with E-state index in [1.807, 2.05) is 31.2 Å². The summed E-state index contributed by atoms with van der Waals surface area (Å²) >= 11 is 10.8. The molecule has 0 fully saturated rings. The third-order valence-electron chi connectivity index (χ3n) is 1.81. The van der Waals surface area contributed by atoms with Gasteiger partial charge in [-0.15, -0.1) is 0 Å². The van der Waals surface area contributed by atoms with Crippen molar-refractivity contribution in [2.75, 3.05) is 0 Å². The molecule has 82 valence electrons. The van der Waals surface area contributed by atoms with E-state index >= 15 is 0 Å². The maximum atomic E-state index is 5.87. The predicted molar refractivity (Wildman–Crippen MR) is 70.0 cm³/mol. The van der Waals surface area contributed by atoms with Crippen LogP contribution in [0.1, 0.15) is 5.69 Å². The molecule has 0 atom stereocenters. The third-order valence-corrected chi connectivity index (χ3v) is 3.35. The summed E-state index contributed by atoms with van der Waals surface area (Å²) in [4.78, 5) is 9.55. The minimum absolute atomic E-state index is 0.477. The third kappa shape index (κ3) is 3.20. The van der Waals surface area contributed by atoms with Crippen molar-refractivity contribution in [2.24, 2.45) is 0 Å². The van der Waals surface area contributed by atoms with Crippen LogP contribution in [0.4, 0.5) is 0 Å². The normalized spacial score (nSPS) is 10.4. The molecule has 1 aromatic heterocycles. The molecule has 2 rings (SSSR count). The van der Waals surface area contributed by atoms with E-state index in [4.69, 9.17) is 11.6 Å². The fraction of sp³-hybridized carbons (Fsp3) is 0.0909. The van der Waals surface area contributed by atoms with Crippen LogP contribution < -0.4 is 0 Å². The largest absolute Gasteiger partial charge is 0.228 e. The quantitative estimate of drug-likeness (QED) is 0.608. The van der Waals surface area contributed by atoms with Gasteiger partial charge in [0.2, 0.25) is 0 Å². The van der Waals surface area contributed by atoms with Crippen LogP contribution in [0.25, 0.3) is 0 Å². The van der Waals surface area contributed by atoms with E-state index in [0.29, 0.717) is 10.3 Å². The van der Waals surface area contributed by atoms with Gasteiger partial charge in [-0.05, 0) is 43.0 Å². The Hall–Kier alpha value is -0.580. The van der Waals surface area contributed by atoms with E-state index in [1.54, 1.807) is 6.07 Å². The zero-order valence-corrected chi connectivity index (χ0v) is 11.6. The number of hydrogen-bond acceptors (Lipinski definition) is 3. The van der Waals surface area contributed by atoms with E-state index in [9.17, 15) is 0 Å². The van der Waals surface area contributed by atoms with Crippen LogP contribution in [-0.2, 0) is 0 Å². The lowest BCUT2D eigenvalue weighted by Gasteiger charge is -2.02. The lowest BCUT2D eigenvalue weighted by molar-refractivity contribution is 0.933. The lowest BCUT2D eigenvalue weighted by atomic mass is 10.4. The van der Waals surface area contributed by atoms with Gasteiger partial charge >= 0.3 is 0 Å². The van der Waals surface area contributed by atoms with Crippen molar-refractivity contribution < 1.29 is 0 Å². The summed E-state index contributed by atoms with van der Waals surface area (Å²) in [6, 6.07) is 9.73. The van der Waals surface area contributed by atoms with Gasteiger partial charge in [-0.1, -0.05) is 33.6 Å². The number of aryl methyl sites for hydroxylation is 1. The summed E-state index contributed by atoms with van der Waals surface area (Å²) in [6.07, 6.45) is 0. The fourth-order valence-electron chi connectivity index (χ4n) is 1.19. The van der Waals surface area contributed by atoms with Crippen LogP contribution in [0.15, 0.2) is 44.9 Å². The van der Waals surface area contributed by atoms with Crippen molar-refractivity contribution in [1.82, 2.24) is 9.97 Å². The first kappa shape index (κ1) is 11.9. The zero-order chi connectivity index (χ0) is 11.5. The van der Waals surface area contributed by atoms with Crippen molar-refractivity contribution in [3.05, 3.63) is 45.7 Å². The molecule has 0 bridgehead atoms. The molecule has 1 heterocycles. The molecule has 0 aliphatic carbocycles. The Morgan fingerprint density at radius 2 is 2.06 bits per heavy atom. The second-order valence-corrected chi connectivity index (χ2v) is 5.52. The van der Waals surface area contributed by atoms with Crippen molar-refractivity contribution in [1.29, 1.82) is 0 Å². The summed E-state index contributed by atoms with van der Waals surface area (Å²) < 4.78 is 1.04. The number of halogens is 2. The molecule has 16 heavy (non-hydrogen) atoms. The second-order valence-electron chi connectivity index (χ2n) is 3.17. The molecule has 0 unspecified atom stereocenters. The highest BCUT2D eigenvalue weighted by Gasteiger charge is 2.03. The Kier molecular flexibility index (Phi) is 3.84. The molecule has 0 radical (unpaired) electrons. The van der Waals surface area contributed by atoms with E-state index in [0.717, 1.165) is 15.1 Å². The van der Waals surface area contributed by atoms with Crippen molar-refractivity contribution in [3.63, 3.8) is 0 Å². The Morgan fingerprint density at radius 3 is 2.75 bits per heavy atom. The van der Waals surface area contributed by atoms with Gasteiger partial charge in [0, 0.05) is 15.1 Å². The van der Waals surface area contributed by atoms with Crippen LogP contribution in [0.2, 0.25) is 5.15 Å². The molecule has 2 nitrogen and oxygen atoms in total. The van der Waals surface area contributed by atoms with Crippen LogP contribution >= 0.6 is 39.3 Å². The fourth-order valence-corrected chi connectivity index (χ4v) is 2.90. The highest BCUT2D eigenvalue weighted by molar-refractivity contribution is 9.10. The standard InChI is InChI=1S/C11H8BrClN2S/c1-7-5-10(13)15-11(14-7)16-9-4-2-3-8(12)6-9/h2-6H,1H3. The SMILES string of the molecule is Cc1cc(Cl)nc(Sc2cccc(Br)c2)n1. The highest BCUT2D eigenvalue weighted by atomic mass is 79.9. The number of nitrogens with zero attached hydrogens (tertiary/aromatic N) is 2. The molecule has 2 aromatic rings. The molecule has 0 N–H and O–H groups in total. The molecule has 0 amide bonds. The monoisotopic (exact) mass is 314 g/mol. The van der Waals surface area contributed by atoms with E-state index < -0.39 is 0 Å². The number of rotatable bonds is 2. The number of benzene rings is 1. The lowest BCUT2D eigenvalue weighted by Crippen LogP contribution is -1.89. The van der Waals surface area contributed by atoms with Gasteiger partial charge in [-0.3, -0.25) is 0 Å². The van der Waals surface area contributed by atoms with Crippen LogP contribution in [0.5, 0.6) is 0 Å². The summed E-state index contributed by atoms with van der Waals surface area (Å²) in [5.74, 6) is 0. The van der Waals surface area contributed by atoms with Crippen molar-refractivity contribution in [3.8, 4) is 0 Å². The highest BCUT2D eigenvalue weighted by Crippen LogP contribution is 2.27. The predicted octanol–water partition coefficient (Wildman–Crippen LogP) is 4.35. The van der Waals surface area contributed by atoms with Gasteiger partial charge in [-0.25, -0.2) is 9.97 Å². The van der Waals surface area contributed by atoms with Gasteiger partial charge in [0.05, 0.1) is 0 Å². The molecule has 0 aliphatic heterocycles. The maximum absolute atomic E-state index is 5.87. The van der Waals surface area contributed by atoms with E-state index in [2.05, 4.69) is 25.9 Å². The number of aromatic nitrogens is 2. The smallest absolute Gasteiger partial charge is 0.194 e. The van der Waals surface area contributed by atoms with Gasteiger partial charge in [-0.2, -0.15) is 0 Å². The Labute approximate surface area is 112 Å². The summed E-state index contributed by atoms with van der Waals surface area (Å²) in [7, 11) is 0. The first-order valence-electron chi connectivity index (χ1n) is 4.58. The molecule has 0 saturated carbocycles. The molecule has 0 aliphatic rings. The van der Waals surface area contributed by atoms with Crippen LogP contribution in [0.3, 0.4) is 0 Å². The minimum atomic E-state index is 0.477. The van der Waals surface area contributed by atoms with Crippen molar-refractivity contribution in [2.45, 2.75) is 17.0 Å². The molecular weight excluding hydrogens is 308 g/mol. The van der Waals surface area contributed by atoms with Gasteiger partial charge in [0.25, 0.3) is 0 Å². The average molecular weight is 316 g/mol. The Bertz CT molecular complexity index is 499. The van der Waals surface area contributed by atoms with Crippen LogP contribution in [0, 0.1) is 6.92 Å². The first-order valence-corrected chi connectivity index (χ1v) is 6.57. The molecule has 1 aromatic carbocycles. The topological polar surface area (TPSA) is 25.8 Å². The molecular formula is C11H8BrClN2S. The molecule has 5 heteroatoms. The number of hydrogen-bond donors (Lipinski definition) is 0.